The van der Waals surface area contributed by atoms with E-state index in [0.29, 0.717) is 5.56 Å². The first-order valence-corrected chi connectivity index (χ1v) is 6.37. The Morgan fingerprint density at radius 3 is 2.48 bits per heavy atom. The zero-order valence-corrected chi connectivity index (χ0v) is 11.9. The first-order valence-electron chi connectivity index (χ1n) is 6.37. The Balaban J connectivity index is 3.13. The van der Waals surface area contributed by atoms with Crippen LogP contribution in [0.5, 0.6) is 0 Å². The standard InChI is InChI=1S/C12H15F3N6O2/c13-12(14,15)4-8(11(22)23)7(10(17)20-21-18)3-6-1-2-9(16)19-5-6/h1-2,5,7-8H,3-4H2,(H2,16,19)(H,22,23)(H3,17,18,20)/p+1/t7-,8-/m0/s1. The van der Waals surface area contributed by atoms with E-state index in [9.17, 15) is 18.0 Å². The highest BCUT2D eigenvalue weighted by atomic mass is 19.4. The lowest BCUT2D eigenvalue weighted by Gasteiger charge is -2.20. The lowest BCUT2D eigenvalue weighted by molar-refractivity contribution is -0.169. The van der Waals surface area contributed by atoms with Gasteiger partial charge in [0.25, 0.3) is 0 Å². The highest BCUT2D eigenvalue weighted by Gasteiger charge is 2.43. The number of aromatic nitrogens is 1. The van der Waals surface area contributed by atoms with Gasteiger partial charge in [-0.1, -0.05) is 6.07 Å². The summed E-state index contributed by atoms with van der Waals surface area (Å²) < 4.78 is 37.9. The summed E-state index contributed by atoms with van der Waals surface area (Å²) >= 11 is 0. The van der Waals surface area contributed by atoms with Crippen molar-refractivity contribution in [2.75, 3.05) is 5.73 Å². The normalized spacial score (nSPS) is 14.6. The number of nitrogens with zero attached hydrogens (tertiary/aromatic N) is 3. The van der Waals surface area contributed by atoms with Gasteiger partial charge in [-0.05, 0) is 18.1 Å². The summed E-state index contributed by atoms with van der Waals surface area (Å²) in [6.45, 7) is 0. The first kappa shape index (κ1) is 18.3. The topological polar surface area (TPSA) is 153 Å². The van der Waals surface area contributed by atoms with Crippen molar-refractivity contribution in [2.45, 2.75) is 19.0 Å². The van der Waals surface area contributed by atoms with E-state index < -0.39 is 36.2 Å². The van der Waals surface area contributed by atoms with Gasteiger partial charge in [0, 0.05) is 11.4 Å². The molecule has 1 aromatic rings. The lowest BCUT2D eigenvalue weighted by atomic mass is 9.84. The second-order valence-corrected chi connectivity index (χ2v) is 4.81. The molecular weight excluding hydrogens is 317 g/mol. The second kappa shape index (κ2) is 7.51. The van der Waals surface area contributed by atoms with Gasteiger partial charge in [-0.3, -0.25) is 16.0 Å². The molecule has 0 amide bonds. The molecule has 1 aromatic heterocycles. The molecule has 126 valence electrons. The molecule has 0 fully saturated rings. The smallest absolute Gasteiger partial charge is 0.389 e. The van der Waals surface area contributed by atoms with E-state index in [4.69, 9.17) is 22.1 Å². The van der Waals surface area contributed by atoms with Crippen molar-refractivity contribution in [1.29, 1.82) is 0 Å². The lowest BCUT2D eigenvalue weighted by Crippen LogP contribution is -2.48. The second-order valence-electron chi connectivity index (χ2n) is 4.81. The Hall–Kier alpha value is -2.72. The van der Waals surface area contributed by atoms with Gasteiger partial charge in [-0.25, -0.2) is 4.98 Å². The predicted molar refractivity (Wildman–Crippen MR) is 73.6 cm³/mol. The fourth-order valence-corrected chi connectivity index (χ4v) is 2.06. The van der Waals surface area contributed by atoms with Crippen molar-refractivity contribution in [1.82, 2.24) is 4.98 Å². The molecule has 0 spiro atoms. The number of nitrogens with two attached hydrogens (primary N) is 3. The Morgan fingerprint density at radius 2 is 2.04 bits per heavy atom. The molecule has 0 aliphatic heterocycles. The van der Waals surface area contributed by atoms with Crippen molar-refractivity contribution in [3.05, 3.63) is 23.9 Å². The molecule has 0 saturated carbocycles. The SMILES string of the molecule is NN=NC(=[NH2+])[C@@H](Cc1ccc(N)nc1)[C@H](CC(F)(F)F)C(=O)O. The number of halogens is 3. The molecule has 8 nitrogen and oxygen atoms in total. The fourth-order valence-electron chi connectivity index (χ4n) is 2.06. The number of nitrogen functional groups attached to an aromatic ring is 1. The molecule has 0 saturated heterocycles. The van der Waals surface area contributed by atoms with Crippen LogP contribution in [0.4, 0.5) is 19.0 Å². The van der Waals surface area contributed by atoms with Crippen molar-refractivity contribution >= 4 is 17.6 Å². The molecule has 1 heterocycles. The van der Waals surface area contributed by atoms with Crippen molar-refractivity contribution < 1.29 is 28.5 Å². The Labute approximate surface area is 128 Å². The largest absolute Gasteiger partial charge is 0.481 e. The summed E-state index contributed by atoms with van der Waals surface area (Å²) in [7, 11) is 0. The number of alkyl halides is 3. The fraction of sp³-hybridized carbons (Fsp3) is 0.417. The molecule has 0 aliphatic carbocycles. The number of anilines is 1. The van der Waals surface area contributed by atoms with Gasteiger partial charge in [-0.15, -0.1) is 0 Å². The average molecular weight is 333 g/mol. The van der Waals surface area contributed by atoms with Gasteiger partial charge in [0.05, 0.1) is 23.4 Å². The number of rotatable bonds is 6. The maximum absolute atomic E-state index is 12.6. The van der Waals surface area contributed by atoms with Crippen LogP contribution in [-0.2, 0) is 11.2 Å². The third kappa shape index (κ3) is 5.88. The minimum atomic E-state index is -4.68. The van der Waals surface area contributed by atoms with Crippen LogP contribution in [-0.4, -0.2) is 28.1 Å². The van der Waals surface area contributed by atoms with E-state index in [1.807, 2.05) is 0 Å². The Morgan fingerprint density at radius 1 is 1.39 bits per heavy atom. The molecule has 2 atom stereocenters. The number of carboxylic acid groups (broad SMARTS) is 1. The van der Waals surface area contributed by atoms with Crippen molar-refractivity contribution in [3.63, 3.8) is 0 Å². The molecule has 23 heavy (non-hydrogen) atoms. The van der Waals surface area contributed by atoms with Crippen molar-refractivity contribution in [2.24, 2.45) is 28.0 Å². The predicted octanol–water partition coefficient (Wildman–Crippen LogP) is -0.0408. The van der Waals surface area contributed by atoms with Crippen LogP contribution >= 0.6 is 0 Å². The van der Waals surface area contributed by atoms with Gasteiger partial charge in [0.1, 0.15) is 5.82 Å². The Bertz CT molecular complexity index is 587. The van der Waals surface area contributed by atoms with Gasteiger partial charge < -0.3 is 10.8 Å². The molecule has 0 radical (unpaired) electrons. The zero-order chi connectivity index (χ0) is 17.6. The van der Waals surface area contributed by atoms with E-state index in [-0.39, 0.29) is 12.2 Å². The van der Waals surface area contributed by atoms with Crippen LogP contribution in [0.15, 0.2) is 28.7 Å². The maximum atomic E-state index is 12.6. The van der Waals surface area contributed by atoms with Crippen LogP contribution in [0.2, 0.25) is 0 Å². The van der Waals surface area contributed by atoms with Crippen molar-refractivity contribution in [3.8, 4) is 0 Å². The van der Waals surface area contributed by atoms with Crippen LogP contribution in [0.1, 0.15) is 12.0 Å². The van der Waals surface area contributed by atoms with Crippen LogP contribution in [0.3, 0.4) is 0 Å². The molecule has 0 unspecified atom stereocenters. The molecule has 0 aliphatic rings. The van der Waals surface area contributed by atoms with Crippen LogP contribution < -0.4 is 17.0 Å². The van der Waals surface area contributed by atoms with E-state index in [1.54, 1.807) is 0 Å². The third-order valence-corrected chi connectivity index (χ3v) is 3.11. The van der Waals surface area contributed by atoms with E-state index >= 15 is 0 Å². The number of carboxylic acids is 1. The summed E-state index contributed by atoms with van der Waals surface area (Å²) in [4.78, 5) is 15.1. The zero-order valence-electron chi connectivity index (χ0n) is 11.9. The molecule has 7 N–H and O–H groups in total. The summed E-state index contributed by atoms with van der Waals surface area (Å²) in [5, 5.41) is 20.9. The molecule has 0 aromatic carbocycles. The van der Waals surface area contributed by atoms with Gasteiger partial charge in [0.15, 0.2) is 0 Å². The third-order valence-electron chi connectivity index (χ3n) is 3.11. The highest BCUT2D eigenvalue weighted by molar-refractivity contribution is 5.85. The number of hydrogen-bond acceptors (Lipinski definition) is 4. The first-order chi connectivity index (χ1) is 10.6. The van der Waals surface area contributed by atoms with E-state index in [1.165, 1.54) is 18.3 Å². The minimum absolute atomic E-state index is 0.134. The van der Waals surface area contributed by atoms with E-state index in [2.05, 4.69) is 15.3 Å². The van der Waals surface area contributed by atoms with Crippen LogP contribution in [0.25, 0.3) is 0 Å². The van der Waals surface area contributed by atoms with Gasteiger partial charge >= 0.3 is 18.0 Å². The number of amidine groups is 1. The summed E-state index contributed by atoms with van der Waals surface area (Å²) in [5.74, 6) is -0.0823. The highest BCUT2D eigenvalue weighted by Crippen LogP contribution is 2.31. The monoisotopic (exact) mass is 333 g/mol. The summed E-state index contributed by atoms with van der Waals surface area (Å²) in [6, 6.07) is 2.95. The maximum Gasteiger partial charge on any atom is 0.389 e. The molecule has 1 rings (SSSR count). The number of pyridine rings is 1. The summed E-state index contributed by atoms with van der Waals surface area (Å²) in [5.41, 5.74) is 5.87. The average Bonchev–Trinajstić information content (AvgIpc) is 2.43. The number of hydrogen-bond donors (Lipinski definition) is 4. The Kier molecular flexibility index (Phi) is 5.99. The molecular formula is C12H16F3N6O2+. The van der Waals surface area contributed by atoms with Gasteiger partial charge in [0.2, 0.25) is 0 Å². The summed E-state index contributed by atoms with van der Waals surface area (Å²) in [6.07, 6.45) is -5.05. The quantitative estimate of drug-likeness (QED) is 0.189. The van der Waals surface area contributed by atoms with Gasteiger partial charge in [-0.2, -0.15) is 13.2 Å². The van der Waals surface area contributed by atoms with Crippen LogP contribution in [0, 0.1) is 11.8 Å². The molecule has 11 heteroatoms. The molecule has 0 bridgehead atoms. The number of aliphatic carboxylic acids is 1. The minimum Gasteiger partial charge on any atom is -0.481 e. The number of carbonyl (C=O) groups is 1. The van der Waals surface area contributed by atoms with E-state index in [0.717, 1.165) is 0 Å².